The molecule has 0 radical (unpaired) electrons. The highest BCUT2D eigenvalue weighted by atomic mass is 28.3. The van der Waals surface area contributed by atoms with Crippen molar-refractivity contribution in [1.82, 2.24) is 4.98 Å². The molecular weight excluding hydrogens is 235 g/mol. The minimum Gasteiger partial charge on any atom is -0.481 e. The lowest BCUT2D eigenvalue weighted by Gasteiger charge is -2.19. The van der Waals surface area contributed by atoms with Gasteiger partial charge in [-0.1, -0.05) is 19.6 Å². The molecule has 0 saturated carbocycles. The number of halogens is 3. The van der Waals surface area contributed by atoms with Crippen molar-refractivity contribution in [2.75, 3.05) is 7.11 Å². The van der Waals surface area contributed by atoms with E-state index < -0.39 is 19.8 Å². The van der Waals surface area contributed by atoms with Crippen molar-refractivity contribution in [2.24, 2.45) is 0 Å². The molecule has 16 heavy (non-hydrogen) atoms. The monoisotopic (exact) mass is 249 g/mol. The Morgan fingerprint density at radius 2 is 1.81 bits per heavy atom. The fourth-order valence-electron chi connectivity index (χ4n) is 1.23. The Balaban J connectivity index is 3.34. The normalized spacial score (nSPS) is 12.7. The lowest BCUT2D eigenvalue weighted by atomic mass is 10.2. The second-order valence-corrected chi connectivity index (χ2v) is 9.61. The van der Waals surface area contributed by atoms with Crippen LogP contribution < -0.4 is 9.92 Å². The lowest BCUT2D eigenvalue weighted by Crippen LogP contribution is -2.38. The van der Waals surface area contributed by atoms with Crippen LogP contribution in [0, 0.1) is 0 Å². The average molecular weight is 249 g/mol. The quantitative estimate of drug-likeness (QED) is 0.752. The van der Waals surface area contributed by atoms with E-state index in [1.807, 2.05) is 19.6 Å². The molecule has 0 aliphatic carbocycles. The Morgan fingerprint density at radius 3 is 2.19 bits per heavy atom. The standard InChI is InChI=1S/C10H14F3NOSi/c1-15-9-8(10(11,12)13)5-7(6-14-9)16(2,3)4/h5-6H,1-4H3. The largest absolute Gasteiger partial charge is 0.481 e. The van der Waals surface area contributed by atoms with Crippen LogP contribution in [-0.2, 0) is 6.18 Å². The van der Waals surface area contributed by atoms with E-state index in [4.69, 9.17) is 0 Å². The molecule has 90 valence electrons. The fourth-order valence-corrected chi connectivity index (χ4v) is 2.26. The van der Waals surface area contributed by atoms with Gasteiger partial charge < -0.3 is 4.74 Å². The maximum atomic E-state index is 12.7. The molecule has 0 spiro atoms. The van der Waals surface area contributed by atoms with Gasteiger partial charge in [0.15, 0.2) is 0 Å². The van der Waals surface area contributed by atoms with Crippen LogP contribution in [0.1, 0.15) is 5.56 Å². The van der Waals surface area contributed by atoms with Gasteiger partial charge in [0.2, 0.25) is 5.88 Å². The zero-order chi connectivity index (χ0) is 12.6. The minimum absolute atomic E-state index is 0.366. The Morgan fingerprint density at radius 1 is 1.25 bits per heavy atom. The van der Waals surface area contributed by atoms with Gasteiger partial charge in [0, 0.05) is 6.20 Å². The molecule has 0 saturated heterocycles. The fraction of sp³-hybridized carbons (Fsp3) is 0.500. The van der Waals surface area contributed by atoms with Crippen molar-refractivity contribution in [3.05, 3.63) is 17.8 Å². The zero-order valence-corrected chi connectivity index (χ0v) is 10.6. The average Bonchev–Trinajstić information content (AvgIpc) is 2.14. The molecule has 0 aromatic carbocycles. The van der Waals surface area contributed by atoms with Gasteiger partial charge in [0.25, 0.3) is 0 Å². The summed E-state index contributed by atoms with van der Waals surface area (Å²) in [4.78, 5) is 3.72. The first-order valence-corrected chi connectivity index (χ1v) is 8.28. The van der Waals surface area contributed by atoms with Crippen LogP contribution in [-0.4, -0.2) is 20.2 Å². The Labute approximate surface area is 93.5 Å². The number of rotatable bonds is 2. The van der Waals surface area contributed by atoms with Crippen LogP contribution in [0.25, 0.3) is 0 Å². The highest BCUT2D eigenvalue weighted by molar-refractivity contribution is 6.88. The van der Waals surface area contributed by atoms with Crippen molar-refractivity contribution in [2.45, 2.75) is 25.8 Å². The molecule has 1 heterocycles. The van der Waals surface area contributed by atoms with Gasteiger partial charge in [0.05, 0.1) is 15.2 Å². The minimum atomic E-state index is -4.42. The summed E-state index contributed by atoms with van der Waals surface area (Å²) in [6.07, 6.45) is -2.95. The number of hydrogen-bond acceptors (Lipinski definition) is 2. The number of pyridine rings is 1. The molecule has 1 aromatic heterocycles. The van der Waals surface area contributed by atoms with E-state index in [0.717, 1.165) is 6.07 Å². The summed E-state index contributed by atoms with van der Waals surface area (Å²) in [6.45, 7) is 5.91. The van der Waals surface area contributed by atoms with E-state index in [1.54, 1.807) is 0 Å². The molecule has 0 amide bonds. The van der Waals surface area contributed by atoms with E-state index in [2.05, 4.69) is 9.72 Å². The second kappa shape index (κ2) is 4.08. The molecule has 0 unspecified atom stereocenters. The zero-order valence-electron chi connectivity index (χ0n) is 9.64. The first-order chi connectivity index (χ1) is 7.16. The molecule has 6 heteroatoms. The van der Waals surface area contributed by atoms with Crippen LogP contribution in [0.3, 0.4) is 0 Å². The van der Waals surface area contributed by atoms with Crippen molar-refractivity contribution in [1.29, 1.82) is 0 Å². The van der Waals surface area contributed by atoms with E-state index in [0.29, 0.717) is 5.19 Å². The topological polar surface area (TPSA) is 22.1 Å². The third-order valence-electron chi connectivity index (χ3n) is 2.22. The van der Waals surface area contributed by atoms with Crippen LogP contribution in [0.4, 0.5) is 13.2 Å². The second-order valence-electron chi connectivity index (χ2n) is 4.53. The molecule has 0 aliphatic rings. The maximum absolute atomic E-state index is 12.7. The number of alkyl halides is 3. The van der Waals surface area contributed by atoms with Crippen LogP contribution >= 0.6 is 0 Å². The van der Waals surface area contributed by atoms with Crippen molar-refractivity contribution in [3.63, 3.8) is 0 Å². The molecule has 0 N–H and O–H groups in total. The SMILES string of the molecule is COc1ncc([Si](C)(C)C)cc1C(F)(F)F. The number of ether oxygens (including phenoxy) is 1. The number of nitrogens with zero attached hydrogens (tertiary/aromatic N) is 1. The molecule has 0 aliphatic heterocycles. The predicted molar refractivity (Wildman–Crippen MR) is 58.8 cm³/mol. The summed E-state index contributed by atoms with van der Waals surface area (Å²) in [5.41, 5.74) is -0.796. The molecule has 1 aromatic rings. The van der Waals surface area contributed by atoms with Crippen molar-refractivity contribution < 1.29 is 17.9 Å². The van der Waals surface area contributed by atoms with Gasteiger partial charge in [0.1, 0.15) is 5.56 Å². The highest BCUT2D eigenvalue weighted by Gasteiger charge is 2.36. The molecule has 0 bridgehead atoms. The molecule has 0 fully saturated rings. The first-order valence-electron chi connectivity index (χ1n) is 4.78. The highest BCUT2D eigenvalue weighted by Crippen LogP contribution is 2.34. The summed E-state index contributed by atoms with van der Waals surface area (Å²) in [5, 5.41) is 0.667. The van der Waals surface area contributed by atoms with E-state index in [1.165, 1.54) is 13.3 Å². The van der Waals surface area contributed by atoms with Gasteiger partial charge in [-0.15, -0.1) is 0 Å². The molecule has 1 rings (SSSR count). The van der Waals surface area contributed by atoms with Gasteiger partial charge in [-0.25, -0.2) is 4.98 Å². The number of aromatic nitrogens is 1. The number of methoxy groups -OCH3 is 1. The van der Waals surface area contributed by atoms with Crippen molar-refractivity contribution in [3.8, 4) is 5.88 Å². The van der Waals surface area contributed by atoms with Crippen LogP contribution in [0.2, 0.25) is 19.6 Å². The summed E-state index contributed by atoms with van der Waals surface area (Å²) < 4.78 is 42.7. The predicted octanol–water partition coefficient (Wildman–Crippen LogP) is 2.65. The van der Waals surface area contributed by atoms with Crippen molar-refractivity contribution >= 4 is 13.3 Å². The Kier molecular flexibility index (Phi) is 3.32. The third-order valence-corrected chi connectivity index (χ3v) is 4.22. The van der Waals surface area contributed by atoms with Gasteiger partial charge in [-0.3, -0.25) is 0 Å². The smallest absolute Gasteiger partial charge is 0.421 e. The van der Waals surface area contributed by atoms with Crippen LogP contribution in [0.5, 0.6) is 5.88 Å². The van der Waals surface area contributed by atoms with Gasteiger partial charge >= 0.3 is 6.18 Å². The van der Waals surface area contributed by atoms with Crippen LogP contribution in [0.15, 0.2) is 12.3 Å². The molecule has 0 atom stereocenters. The third kappa shape index (κ3) is 2.75. The summed E-state index contributed by atoms with van der Waals surface area (Å²) >= 11 is 0. The first kappa shape index (κ1) is 13.0. The Hall–Kier alpha value is -1.04. The summed E-state index contributed by atoms with van der Waals surface area (Å²) in [7, 11) is -0.611. The molecular formula is C10H14F3NOSi. The van der Waals surface area contributed by atoms with E-state index in [-0.39, 0.29) is 5.88 Å². The molecule has 2 nitrogen and oxygen atoms in total. The maximum Gasteiger partial charge on any atom is 0.421 e. The van der Waals surface area contributed by atoms with Gasteiger partial charge in [-0.05, 0) is 11.3 Å². The number of hydrogen-bond donors (Lipinski definition) is 0. The van der Waals surface area contributed by atoms with E-state index in [9.17, 15) is 13.2 Å². The summed E-state index contributed by atoms with van der Waals surface area (Å²) in [6, 6.07) is 1.15. The van der Waals surface area contributed by atoms with Gasteiger partial charge in [-0.2, -0.15) is 13.2 Å². The summed E-state index contributed by atoms with van der Waals surface area (Å²) in [5.74, 6) is -0.366. The lowest BCUT2D eigenvalue weighted by molar-refractivity contribution is -0.139. The Bertz CT molecular complexity index is 385. The van der Waals surface area contributed by atoms with E-state index >= 15 is 0 Å².